The van der Waals surface area contributed by atoms with Crippen LogP contribution in [0.4, 0.5) is 5.69 Å². The molecule has 2 aromatic rings. The van der Waals surface area contributed by atoms with Crippen LogP contribution in [0.5, 0.6) is 11.5 Å². The van der Waals surface area contributed by atoms with E-state index in [2.05, 4.69) is 5.32 Å². The molecule has 6 nitrogen and oxygen atoms in total. The highest BCUT2D eigenvalue weighted by molar-refractivity contribution is 6.06. The number of rotatable bonds is 5. The van der Waals surface area contributed by atoms with Crippen LogP contribution in [0.15, 0.2) is 36.4 Å². The summed E-state index contributed by atoms with van der Waals surface area (Å²) in [5.74, 6) is 0.870. The second-order valence-corrected chi connectivity index (χ2v) is 6.31. The largest absolute Gasteiger partial charge is 0.493 e. The minimum Gasteiger partial charge on any atom is -0.493 e. The molecule has 0 saturated carbocycles. The number of ether oxygens (including phenoxy) is 2. The highest BCUT2D eigenvalue weighted by Gasteiger charge is 2.37. The number of nitrogens with one attached hydrogen (secondary N) is 1. The molecule has 0 fully saturated rings. The molecule has 1 unspecified atom stereocenters. The van der Waals surface area contributed by atoms with Crippen molar-refractivity contribution < 1.29 is 19.1 Å². The van der Waals surface area contributed by atoms with Crippen molar-refractivity contribution in [3.63, 3.8) is 0 Å². The Kier molecular flexibility index (Phi) is 4.84. The Labute approximate surface area is 152 Å². The number of fused-ring (bicyclic) bond motifs is 1. The van der Waals surface area contributed by atoms with Gasteiger partial charge in [0.25, 0.3) is 5.91 Å². The number of aryl methyl sites for hydroxylation is 1. The van der Waals surface area contributed by atoms with Gasteiger partial charge in [-0.1, -0.05) is 23.8 Å². The number of carbonyl (C=O) groups is 2. The van der Waals surface area contributed by atoms with Gasteiger partial charge in [0.1, 0.15) is 6.04 Å². The van der Waals surface area contributed by atoms with Gasteiger partial charge in [-0.05, 0) is 30.7 Å². The van der Waals surface area contributed by atoms with Gasteiger partial charge in [0.15, 0.2) is 11.5 Å². The summed E-state index contributed by atoms with van der Waals surface area (Å²) in [6, 6.07) is 10.7. The van der Waals surface area contributed by atoms with E-state index in [0.29, 0.717) is 18.0 Å². The molecule has 0 spiro atoms. The minimum absolute atomic E-state index is 0.143. The minimum atomic E-state index is -0.650. The highest BCUT2D eigenvalue weighted by atomic mass is 16.5. The molecule has 1 heterocycles. The van der Waals surface area contributed by atoms with Crippen LogP contribution in [-0.2, 0) is 16.1 Å². The Morgan fingerprint density at radius 3 is 2.50 bits per heavy atom. The number of anilines is 1. The van der Waals surface area contributed by atoms with Crippen molar-refractivity contribution >= 4 is 17.5 Å². The Bertz CT molecular complexity index is 863. The quantitative estimate of drug-likeness (QED) is 0.896. The molecule has 0 radical (unpaired) electrons. The molecule has 0 aliphatic carbocycles. The number of nitrogens with zero attached hydrogens (tertiary/aromatic N) is 1. The summed E-state index contributed by atoms with van der Waals surface area (Å²) in [6.07, 6.45) is 0. The Morgan fingerprint density at radius 1 is 1.12 bits per heavy atom. The number of hydrogen-bond donors (Lipinski definition) is 1. The molecule has 1 atom stereocenters. The molecule has 1 N–H and O–H groups in total. The summed E-state index contributed by atoms with van der Waals surface area (Å²) in [4.78, 5) is 26.2. The van der Waals surface area contributed by atoms with E-state index in [1.165, 1.54) is 6.92 Å². The molecular formula is C20H22N2O4. The lowest BCUT2D eigenvalue weighted by Gasteiger charge is -2.19. The maximum absolute atomic E-state index is 12.9. The monoisotopic (exact) mass is 354 g/mol. The standard InChI is InChI=1S/C20H22N2O4/c1-12-5-7-16-15(9-12)19(21-13(2)23)20(24)22(16)11-14-6-8-17(25-3)18(10-14)26-4/h5-10,19H,11H2,1-4H3,(H,21,23). The first-order valence-corrected chi connectivity index (χ1v) is 8.34. The van der Waals surface area contributed by atoms with E-state index in [9.17, 15) is 9.59 Å². The molecule has 1 aliphatic rings. The van der Waals surface area contributed by atoms with Gasteiger partial charge >= 0.3 is 0 Å². The maximum atomic E-state index is 12.9. The number of carbonyl (C=O) groups excluding carboxylic acids is 2. The second-order valence-electron chi connectivity index (χ2n) is 6.31. The number of hydrogen-bond acceptors (Lipinski definition) is 4. The van der Waals surface area contributed by atoms with E-state index in [4.69, 9.17) is 9.47 Å². The lowest BCUT2D eigenvalue weighted by atomic mass is 10.1. The van der Waals surface area contributed by atoms with Crippen LogP contribution in [0.25, 0.3) is 0 Å². The first-order chi connectivity index (χ1) is 12.4. The molecule has 2 amide bonds. The van der Waals surface area contributed by atoms with Crippen molar-refractivity contribution in [3.8, 4) is 11.5 Å². The molecule has 3 rings (SSSR count). The van der Waals surface area contributed by atoms with Crippen LogP contribution < -0.4 is 19.7 Å². The van der Waals surface area contributed by atoms with Gasteiger partial charge in [-0.25, -0.2) is 0 Å². The molecule has 6 heteroatoms. The molecule has 136 valence electrons. The average molecular weight is 354 g/mol. The van der Waals surface area contributed by atoms with Gasteiger partial charge in [0.05, 0.1) is 20.8 Å². The number of methoxy groups -OCH3 is 2. The van der Waals surface area contributed by atoms with Crippen LogP contribution in [0.1, 0.15) is 29.7 Å². The first-order valence-electron chi connectivity index (χ1n) is 8.34. The van der Waals surface area contributed by atoms with E-state index in [1.807, 2.05) is 43.3 Å². The molecule has 1 aliphatic heterocycles. The third-order valence-electron chi connectivity index (χ3n) is 4.43. The van der Waals surface area contributed by atoms with Crippen LogP contribution in [0.2, 0.25) is 0 Å². The number of amides is 2. The summed E-state index contributed by atoms with van der Waals surface area (Å²) >= 11 is 0. The van der Waals surface area contributed by atoms with Crippen molar-refractivity contribution in [2.75, 3.05) is 19.1 Å². The fourth-order valence-electron chi connectivity index (χ4n) is 3.23. The summed E-state index contributed by atoms with van der Waals surface area (Å²) < 4.78 is 10.6. The Hall–Kier alpha value is -3.02. The number of benzene rings is 2. The predicted octanol–water partition coefficient (Wildman–Crippen LogP) is 2.74. The molecular weight excluding hydrogens is 332 g/mol. The molecule has 0 bridgehead atoms. The normalized spacial score (nSPS) is 15.6. The zero-order chi connectivity index (χ0) is 18.8. The van der Waals surface area contributed by atoms with Gasteiger partial charge in [-0.2, -0.15) is 0 Å². The Balaban J connectivity index is 1.96. The summed E-state index contributed by atoms with van der Waals surface area (Å²) in [5.41, 5.74) is 3.59. The summed E-state index contributed by atoms with van der Waals surface area (Å²) in [7, 11) is 3.16. The first kappa shape index (κ1) is 17.8. The van der Waals surface area contributed by atoms with E-state index in [0.717, 1.165) is 22.4 Å². The maximum Gasteiger partial charge on any atom is 0.254 e. The molecule has 0 saturated heterocycles. The van der Waals surface area contributed by atoms with Crippen LogP contribution >= 0.6 is 0 Å². The average Bonchev–Trinajstić information content (AvgIpc) is 2.86. The topological polar surface area (TPSA) is 67.9 Å². The van der Waals surface area contributed by atoms with E-state index in [1.54, 1.807) is 19.1 Å². The van der Waals surface area contributed by atoms with Gasteiger partial charge in [-0.3, -0.25) is 9.59 Å². The van der Waals surface area contributed by atoms with Crippen molar-refractivity contribution in [1.29, 1.82) is 0 Å². The van der Waals surface area contributed by atoms with Crippen LogP contribution in [0.3, 0.4) is 0 Å². The van der Waals surface area contributed by atoms with E-state index in [-0.39, 0.29) is 11.8 Å². The third kappa shape index (κ3) is 3.22. The zero-order valence-electron chi connectivity index (χ0n) is 15.3. The second kappa shape index (κ2) is 7.07. The van der Waals surface area contributed by atoms with Crippen molar-refractivity contribution in [2.45, 2.75) is 26.4 Å². The fourth-order valence-corrected chi connectivity index (χ4v) is 3.23. The van der Waals surface area contributed by atoms with Crippen molar-refractivity contribution in [3.05, 3.63) is 53.1 Å². The smallest absolute Gasteiger partial charge is 0.254 e. The SMILES string of the molecule is COc1ccc(CN2C(=O)C(NC(C)=O)c3cc(C)ccc32)cc1OC. The van der Waals surface area contributed by atoms with Crippen LogP contribution in [0, 0.1) is 6.92 Å². The van der Waals surface area contributed by atoms with Gasteiger partial charge in [0, 0.05) is 18.2 Å². The third-order valence-corrected chi connectivity index (χ3v) is 4.43. The molecule has 2 aromatic carbocycles. The predicted molar refractivity (Wildman–Crippen MR) is 98.5 cm³/mol. The Morgan fingerprint density at radius 2 is 1.85 bits per heavy atom. The van der Waals surface area contributed by atoms with Gasteiger partial charge in [-0.15, -0.1) is 0 Å². The van der Waals surface area contributed by atoms with Gasteiger partial charge < -0.3 is 19.7 Å². The fraction of sp³-hybridized carbons (Fsp3) is 0.300. The van der Waals surface area contributed by atoms with Crippen molar-refractivity contribution in [2.24, 2.45) is 0 Å². The summed E-state index contributed by atoms with van der Waals surface area (Å²) in [6.45, 7) is 3.76. The zero-order valence-corrected chi connectivity index (χ0v) is 15.3. The van der Waals surface area contributed by atoms with E-state index >= 15 is 0 Å². The highest BCUT2D eigenvalue weighted by Crippen LogP contribution is 2.38. The molecule has 0 aromatic heterocycles. The lowest BCUT2D eigenvalue weighted by Crippen LogP contribution is -2.36. The van der Waals surface area contributed by atoms with Crippen molar-refractivity contribution in [1.82, 2.24) is 5.32 Å². The van der Waals surface area contributed by atoms with Gasteiger partial charge in [0.2, 0.25) is 5.91 Å². The summed E-state index contributed by atoms with van der Waals surface area (Å²) in [5, 5.41) is 2.76. The van der Waals surface area contributed by atoms with Crippen LogP contribution in [-0.4, -0.2) is 26.0 Å². The lowest BCUT2D eigenvalue weighted by molar-refractivity contribution is -0.126. The molecule has 26 heavy (non-hydrogen) atoms. The van der Waals surface area contributed by atoms with E-state index < -0.39 is 6.04 Å².